The molecule has 1 aromatic rings. The minimum absolute atomic E-state index is 0.475. The smallest absolute Gasteiger partial charge is 0.0690 e. The zero-order valence-corrected chi connectivity index (χ0v) is 14.2. The van der Waals surface area contributed by atoms with E-state index in [0.717, 1.165) is 25.2 Å². The van der Waals surface area contributed by atoms with Crippen molar-refractivity contribution in [3.05, 3.63) is 35.4 Å². The average Bonchev–Trinajstić information content (AvgIpc) is 2.38. The van der Waals surface area contributed by atoms with Crippen LogP contribution in [0.15, 0.2) is 24.3 Å². The molecule has 0 amide bonds. The first-order chi connectivity index (χ1) is 9.88. The molecule has 1 N–H and O–H groups in total. The van der Waals surface area contributed by atoms with E-state index in [2.05, 4.69) is 52.0 Å². The van der Waals surface area contributed by atoms with Crippen molar-refractivity contribution in [3.8, 4) is 0 Å². The van der Waals surface area contributed by atoms with Crippen LogP contribution in [-0.4, -0.2) is 10.7 Å². The van der Waals surface area contributed by atoms with Crippen molar-refractivity contribution >= 4 is 0 Å². The lowest BCUT2D eigenvalue weighted by atomic mass is 9.73. The molecule has 1 nitrogen and oxygen atoms in total. The van der Waals surface area contributed by atoms with E-state index in [4.69, 9.17) is 0 Å². The van der Waals surface area contributed by atoms with Gasteiger partial charge in [-0.05, 0) is 48.1 Å². The van der Waals surface area contributed by atoms with E-state index in [0.29, 0.717) is 11.8 Å². The Balaban J connectivity index is 1.99. The van der Waals surface area contributed by atoms with Crippen molar-refractivity contribution in [2.45, 2.75) is 77.7 Å². The summed E-state index contributed by atoms with van der Waals surface area (Å²) in [6.07, 6.45) is 6.50. The summed E-state index contributed by atoms with van der Waals surface area (Å²) in [7, 11) is 0. The van der Waals surface area contributed by atoms with Crippen molar-refractivity contribution in [1.82, 2.24) is 0 Å². The molecule has 0 bridgehead atoms. The predicted molar refractivity (Wildman–Crippen MR) is 90.6 cm³/mol. The second-order valence-corrected chi connectivity index (χ2v) is 7.89. The third kappa shape index (κ3) is 4.85. The van der Waals surface area contributed by atoms with Gasteiger partial charge in [-0.1, -0.05) is 64.8 Å². The molecule has 1 aromatic carbocycles. The van der Waals surface area contributed by atoms with Crippen LogP contribution in [0, 0.1) is 11.8 Å². The number of hydrogen-bond acceptors (Lipinski definition) is 1. The summed E-state index contributed by atoms with van der Waals surface area (Å²) in [5.74, 6) is 2.02. The molecule has 2 atom stereocenters. The third-order valence-electron chi connectivity index (χ3n) is 4.91. The molecule has 1 heteroatoms. The van der Waals surface area contributed by atoms with E-state index in [1.54, 1.807) is 0 Å². The normalized spacial score (nSPS) is 26.5. The van der Waals surface area contributed by atoms with Gasteiger partial charge in [-0.15, -0.1) is 0 Å². The monoisotopic (exact) mass is 288 g/mol. The molecule has 21 heavy (non-hydrogen) atoms. The Morgan fingerprint density at radius 1 is 1.14 bits per heavy atom. The molecular formula is C20H32O. The van der Waals surface area contributed by atoms with Gasteiger partial charge in [0.1, 0.15) is 0 Å². The lowest BCUT2D eigenvalue weighted by Crippen LogP contribution is -2.37. The van der Waals surface area contributed by atoms with Gasteiger partial charge in [0, 0.05) is 6.42 Å². The number of rotatable bonds is 5. The first-order valence-corrected chi connectivity index (χ1v) is 8.69. The average molecular weight is 288 g/mol. The first-order valence-electron chi connectivity index (χ1n) is 8.69. The zero-order chi connectivity index (χ0) is 15.5. The molecule has 1 aliphatic rings. The van der Waals surface area contributed by atoms with Gasteiger partial charge in [0.15, 0.2) is 0 Å². The summed E-state index contributed by atoms with van der Waals surface area (Å²) in [4.78, 5) is 0. The Labute approximate surface area is 130 Å². The molecule has 1 saturated carbocycles. The van der Waals surface area contributed by atoms with E-state index in [-0.39, 0.29) is 0 Å². The van der Waals surface area contributed by atoms with Crippen LogP contribution in [0.3, 0.4) is 0 Å². The lowest BCUT2D eigenvalue weighted by molar-refractivity contribution is -0.0189. The highest BCUT2D eigenvalue weighted by molar-refractivity contribution is 5.26. The highest BCUT2D eigenvalue weighted by atomic mass is 16.3. The Hall–Kier alpha value is -0.820. The third-order valence-corrected chi connectivity index (χ3v) is 4.91. The Kier molecular flexibility index (Phi) is 5.48. The SMILES string of the molecule is CC(C)CC1CCCC(O)(Cc2ccc(C(C)C)cc2)C1. The van der Waals surface area contributed by atoms with Crippen LogP contribution < -0.4 is 0 Å². The van der Waals surface area contributed by atoms with Crippen LogP contribution in [0.4, 0.5) is 0 Å². The molecule has 0 radical (unpaired) electrons. The molecule has 2 unspecified atom stereocenters. The van der Waals surface area contributed by atoms with E-state index in [1.165, 1.54) is 30.4 Å². The van der Waals surface area contributed by atoms with Crippen molar-refractivity contribution in [1.29, 1.82) is 0 Å². The van der Waals surface area contributed by atoms with Gasteiger partial charge >= 0.3 is 0 Å². The highest BCUT2D eigenvalue weighted by Gasteiger charge is 2.34. The second kappa shape index (κ2) is 6.96. The summed E-state index contributed by atoms with van der Waals surface area (Å²) in [6.45, 7) is 9.02. The molecule has 1 fully saturated rings. The molecule has 1 aliphatic carbocycles. The fourth-order valence-corrected chi connectivity index (χ4v) is 3.89. The molecule has 2 rings (SSSR count). The minimum Gasteiger partial charge on any atom is -0.390 e. The molecule has 0 spiro atoms. The van der Waals surface area contributed by atoms with Gasteiger partial charge in [0.25, 0.3) is 0 Å². The summed E-state index contributed by atoms with van der Waals surface area (Å²) in [6, 6.07) is 8.86. The van der Waals surface area contributed by atoms with Crippen LogP contribution in [0.5, 0.6) is 0 Å². The van der Waals surface area contributed by atoms with Crippen LogP contribution in [0.2, 0.25) is 0 Å². The number of aliphatic hydroxyl groups is 1. The minimum atomic E-state index is -0.475. The maximum atomic E-state index is 11.0. The van der Waals surface area contributed by atoms with E-state index in [1.807, 2.05) is 0 Å². The Morgan fingerprint density at radius 3 is 2.38 bits per heavy atom. The van der Waals surface area contributed by atoms with Crippen LogP contribution >= 0.6 is 0 Å². The molecular weight excluding hydrogens is 256 g/mol. The maximum Gasteiger partial charge on any atom is 0.0690 e. The fraction of sp³-hybridized carbons (Fsp3) is 0.700. The van der Waals surface area contributed by atoms with Crippen LogP contribution in [-0.2, 0) is 6.42 Å². The highest BCUT2D eigenvalue weighted by Crippen LogP contribution is 2.37. The molecule has 0 aromatic heterocycles. The Bertz CT molecular complexity index is 432. The zero-order valence-electron chi connectivity index (χ0n) is 14.2. The van der Waals surface area contributed by atoms with E-state index in [9.17, 15) is 5.11 Å². The van der Waals surface area contributed by atoms with Crippen molar-refractivity contribution in [3.63, 3.8) is 0 Å². The maximum absolute atomic E-state index is 11.0. The molecule has 0 aliphatic heterocycles. The van der Waals surface area contributed by atoms with Crippen molar-refractivity contribution < 1.29 is 5.11 Å². The molecule has 118 valence electrons. The Morgan fingerprint density at radius 2 is 1.81 bits per heavy atom. The van der Waals surface area contributed by atoms with Gasteiger partial charge in [-0.3, -0.25) is 0 Å². The summed E-state index contributed by atoms with van der Waals surface area (Å²) in [5, 5.41) is 11.0. The van der Waals surface area contributed by atoms with Gasteiger partial charge in [-0.2, -0.15) is 0 Å². The number of hydrogen-bond donors (Lipinski definition) is 1. The van der Waals surface area contributed by atoms with E-state index >= 15 is 0 Å². The quantitative estimate of drug-likeness (QED) is 0.777. The van der Waals surface area contributed by atoms with Crippen molar-refractivity contribution in [2.75, 3.05) is 0 Å². The topological polar surface area (TPSA) is 20.2 Å². The van der Waals surface area contributed by atoms with Gasteiger partial charge in [-0.25, -0.2) is 0 Å². The van der Waals surface area contributed by atoms with Crippen LogP contribution in [0.25, 0.3) is 0 Å². The predicted octanol–water partition coefficient (Wildman–Crippen LogP) is 5.32. The largest absolute Gasteiger partial charge is 0.390 e. The summed E-state index contributed by atoms with van der Waals surface area (Å²) >= 11 is 0. The van der Waals surface area contributed by atoms with Gasteiger partial charge < -0.3 is 5.11 Å². The van der Waals surface area contributed by atoms with Gasteiger partial charge in [0.05, 0.1) is 5.60 Å². The number of benzene rings is 1. The second-order valence-electron chi connectivity index (χ2n) is 7.89. The lowest BCUT2D eigenvalue weighted by Gasteiger charge is -2.37. The standard InChI is InChI=1S/C20H32O/c1-15(2)12-18-6-5-11-20(21,14-18)13-17-7-9-19(10-8-17)16(3)4/h7-10,15-16,18,21H,5-6,11-14H2,1-4H3. The first kappa shape index (κ1) is 16.5. The van der Waals surface area contributed by atoms with E-state index < -0.39 is 5.60 Å². The summed E-state index contributed by atoms with van der Waals surface area (Å²) < 4.78 is 0. The van der Waals surface area contributed by atoms with Crippen LogP contribution in [0.1, 0.15) is 76.8 Å². The fourth-order valence-electron chi connectivity index (χ4n) is 3.89. The van der Waals surface area contributed by atoms with Gasteiger partial charge in [0.2, 0.25) is 0 Å². The molecule has 0 saturated heterocycles. The molecule has 0 heterocycles. The van der Waals surface area contributed by atoms with Crippen molar-refractivity contribution in [2.24, 2.45) is 11.8 Å². The summed E-state index contributed by atoms with van der Waals surface area (Å²) in [5.41, 5.74) is 2.19.